The third-order valence-corrected chi connectivity index (χ3v) is 4.35. The molecule has 1 saturated heterocycles. The molecule has 2 rings (SSSR count). The van der Waals surface area contributed by atoms with Gasteiger partial charge in [-0.1, -0.05) is 22.4 Å². The number of hydrogen-bond donors (Lipinski definition) is 1. The number of hydrogen-bond acceptors (Lipinski definition) is 4. The number of nitrogens with zero attached hydrogens (tertiary/aromatic N) is 2. The molecule has 1 aromatic rings. The number of benzene rings is 1. The number of halogens is 1. The second-order valence-electron chi connectivity index (χ2n) is 5.29. The van der Waals surface area contributed by atoms with Crippen LogP contribution < -0.4 is 5.32 Å². The summed E-state index contributed by atoms with van der Waals surface area (Å²) in [5, 5.41) is 14.4. The molecular formula is C14H20BrN3O2. The predicted octanol–water partition coefficient (Wildman–Crippen LogP) is 2.93. The molecule has 110 valence electrons. The SMILES string of the molecule is CN1CCCCC1CNCc1cc(Br)ccc1[N+](=O)[O-]. The Balaban J connectivity index is 1.93. The van der Waals surface area contributed by atoms with Crippen LogP contribution in [0.25, 0.3) is 0 Å². The molecule has 0 radical (unpaired) electrons. The zero-order valence-electron chi connectivity index (χ0n) is 11.6. The second-order valence-corrected chi connectivity index (χ2v) is 6.21. The molecule has 20 heavy (non-hydrogen) atoms. The summed E-state index contributed by atoms with van der Waals surface area (Å²) in [6.07, 6.45) is 3.74. The van der Waals surface area contributed by atoms with E-state index < -0.39 is 0 Å². The van der Waals surface area contributed by atoms with Crippen LogP contribution in [-0.2, 0) is 6.54 Å². The van der Waals surface area contributed by atoms with Crippen molar-refractivity contribution in [1.82, 2.24) is 10.2 Å². The number of piperidine rings is 1. The topological polar surface area (TPSA) is 58.4 Å². The Labute approximate surface area is 127 Å². The van der Waals surface area contributed by atoms with Crippen LogP contribution in [0.4, 0.5) is 5.69 Å². The second kappa shape index (κ2) is 7.15. The van der Waals surface area contributed by atoms with Gasteiger partial charge in [-0.2, -0.15) is 0 Å². The van der Waals surface area contributed by atoms with E-state index in [-0.39, 0.29) is 10.6 Å². The lowest BCUT2D eigenvalue weighted by Crippen LogP contribution is -2.42. The first-order chi connectivity index (χ1) is 9.58. The van der Waals surface area contributed by atoms with Crippen LogP contribution in [0, 0.1) is 10.1 Å². The lowest BCUT2D eigenvalue weighted by atomic mass is 10.0. The molecule has 1 aliphatic rings. The summed E-state index contributed by atoms with van der Waals surface area (Å²) < 4.78 is 0.870. The van der Waals surface area contributed by atoms with Crippen molar-refractivity contribution in [2.45, 2.75) is 31.8 Å². The molecule has 1 fully saturated rings. The molecule has 6 heteroatoms. The van der Waals surface area contributed by atoms with E-state index in [1.54, 1.807) is 12.1 Å². The van der Waals surface area contributed by atoms with Crippen LogP contribution in [-0.4, -0.2) is 36.0 Å². The Kier molecular flexibility index (Phi) is 5.51. The van der Waals surface area contributed by atoms with Gasteiger partial charge in [0.1, 0.15) is 0 Å². The van der Waals surface area contributed by atoms with E-state index >= 15 is 0 Å². The van der Waals surface area contributed by atoms with Gasteiger partial charge in [0, 0.05) is 35.2 Å². The first kappa shape index (κ1) is 15.4. The number of likely N-dealkylation sites (tertiary alicyclic amines) is 1. The molecule has 1 aromatic carbocycles. The maximum atomic E-state index is 11.0. The van der Waals surface area contributed by atoms with Gasteiger partial charge in [0.15, 0.2) is 0 Å². The van der Waals surface area contributed by atoms with Crippen molar-refractivity contribution in [3.05, 3.63) is 38.3 Å². The van der Waals surface area contributed by atoms with Crippen LogP contribution >= 0.6 is 15.9 Å². The average Bonchev–Trinajstić information content (AvgIpc) is 2.41. The molecule has 0 spiro atoms. The zero-order chi connectivity index (χ0) is 14.5. The lowest BCUT2D eigenvalue weighted by Gasteiger charge is -2.32. The zero-order valence-corrected chi connectivity index (χ0v) is 13.2. The molecule has 1 N–H and O–H groups in total. The van der Waals surface area contributed by atoms with E-state index in [0.717, 1.165) is 23.1 Å². The minimum Gasteiger partial charge on any atom is -0.311 e. The fourth-order valence-electron chi connectivity index (χ4n) is 2.65. The number of nitrogens with one attached hydrogen (secondary N) is 1. The van der Waals surface area contributed by atoms with Crippen LogP contribution in [0.5, 0.6) is 0 Å². The molecule has 0 saturated carbocycles. The standard InChI is InChI=1S/C14H20BrN3O2/c1-17-7-3-2-4-13(17)10-16-9-11-8-12(15)5-6-14(11)18(19)20/h5-6,8,13,16H,2-4,7,9-10H2,1H3. The number of likely N-dealkylation sites (N-methyl/N-ethyl adjacent to an activating group) is 1. The van der Waals surface area contributed by atoms with Crippen molar-refractivity contribution in [3.8, 4) is 0 Å². The smallest absolute Gasteiger partial charge is 0.273 e. The first-order valence-corrected chi connectivity index (χ1v) is 7.71. The Bertz CT molecular complexity index is 481. The van der Waals surface area contributed by atoms with Crippen molar-refractivity contribution >= 4 is 21.6 Å². The maximum absolute atomic E-state index is 11.0. The highest BCUT2D eigenvalue weighted by molar-refractivity contribution is 9.10. The van der Waals surface area contributed by atoms with Gasteiger partial charge in [0.2, 0.25) is 0 Å². The van der Waals surface area contributed by atoms with E-state index in [4.69, 9.17) is 0 Å². The summed E-state index contributed by atoms with van der Waals surface area (Å²) in [5.41, 5.74) is 0.903. The summed E-state index contributed by atoms with van der Waals surface area (Å²) in [6, 6.07) is 5.61. The Morgan fingerprint density at radius 3 is 3.00 bits per heavy atom. The molecule has 0 amide bonds. The van der Waals surface area contributed by atoms with E-state index in [0.29, 0.717) is 12.6 Å². The van der Waals surface area contributed by atoms with Crippen molar-refractivity contribution in [1.29, 1.82) is 0 Å². The van der Waals surface area contributed by atoms with Gasteiger partial charge in [0.25, 0.3) is 5.69 Å². The maximum Gasteiger partial charge on any atom is 0.273 e. The van der Waals surface area contributed by atoms with Crippen LogP contribution in [0.1, 0.15) is 24.8 Å². The monoisotopic (exact) mass is 341 g/mol. The normalized spacial score (nSPS) is 20.0. The molecule has 0 aromatic heterocycles. The summed E-state index contributed by atoms with van der Waals surface area (Å²) in [6.45, 7) is 2.55. The van der Waals surface area contributed by atoms with Gasteiger partial charge in [-0.25, -0.2) is 0 Å². The number of rotatable bonds is 5. The number of nitro groups is 1. The Morgan fingerprint density at radius 1 is 1.50 bits per heavy atom. The van der Waals surface area contributed by atoms with Crippen molar-refractivity contribution < 1.29 is 4.92 Å². The van der Waals surface area contributed by atoms with Crippen LogP contribution in [0.3, 0.4) is 0 Å². The first-order valence-electron chi connectivity index (χ1n) is 6.91. The van der Waals surface area contributed by atoms with Gasteiger partial charge < -0.3 is 10.2 Å². The molecule has 0 aliphatic carbocycles. The molecule has 5 nitrogen and oxygen atoms in total. The fourth-order valence-corrected chi connectivity index (χ4v) is 3.06. The van der Waals surface area contributed by atoms with Crippen LogP contribution in [0.15, 0.2) is 22.7 Å². The van der Waals surface area contributed by atoms with Gasteiger partial charge in [-0.3, -0.25) is 10.1 Å². The van der Waals surface area contributed by atoms with Gasteiger partial charge >= 0.3 is 0 Å². The summed E-state index contributed by atoms with van der Waals surface area (Å²) >= 11 is 3.36. The summed E-state index contributed by atoms with van der Waals surface area (Å²) in [5.74, 6) is 0. The van der Waals surface area contributed by atoms with E-state index in [9.17, 15) is 10.1 Å². The highest BCUT2D eigenvalue weighted by Gasteiger charge is 2.19. The summed E-state index contributed by atoms with van der Waals surface area (Å²) in [7, 11) is 2.15. The molecular weight excluding hydrogens is 322 g/mol. The van der Waals surface area contributed by atoms with Crippen molar-refractivity contribution in [3.63, 3.8) is 0 Å². The van der Waals surface area contributed by atoms with Gasteiger partial charge in [0.05, 0.1) is 4.92 Å². The minimum absolute atomic E-state index is 0.178. The Morgan fingerprint density at radius 2 is 2.30 bits per heavy atom. The fraction of sp³-hybridized carbons (Fsp3) is 0.571. The molecule has 1 heterocycles. The van der Waals surface area contributed by atoms with Crippen molar-refractivity contribution in [2.24, 2.45) is 0 Å². The largest absolute Gasteiger partial charge is 0.311 e. The third kappa shape index (κ3) is 4.01. The Hall–Kier alpha value is -0.980. The lowest BCUT2D eigenvalue weighted by molar-refractivity contribution is -0.385. The van der Waals surface area contributed by atoms with E-state index in [2.05, 4.69) is 33.2 Å². The third-order valence-electron chi connectivity index (χ3n) is 3.86. The summed E-state index contributed by atoms with van der Waals surface area (Å²) in [4.78, 5) is 13.0. The molecule has 0 bridgehead atoms. The van der Waals surface area contributed by atoms with Gasteiger partial charge in [-0.15, -0.1) is 0 Å². The average molecular weight is 342 g/mol. The molecule has 1 unspecified atom stereocenters. The molecule has 1 aliphatic heterocycles. The highest BCUT2D eigenvalue weighted by Crippen LogP contribution is 2.23. The van der Waals surface area contributed by atoms with E-state index in [1.165, 1.54) is 19.3 Å². The number of nitro benzene ring substituents is 1. The van der Waals surface area contributed by atoms with Crippen LogP contribution in [0.2, 0.25) is 0 Å². The predicted molar refractivity (Wildman–Crippen MR) is 82.8 cm³/mol. The van der Waals surface area contributed by atoms with Gasteiger partial charge in [-0.05, 0) is 38.6 Å². The quantitative estimate of drug-likeness (QED) is 0.660. The molecule has 1 atom stereocenters. The van der Waals surface area contributed by atoms with Crippen molar-refractivity contribution in [2.75, 3.05) is 20.1 Å². The minimum atomic E-state index is -0.323. The highest BCUT2D eigenvalue weighted by atomic mass is 79.9. The van der Waals surface area contributed by atoms with E-state index in [1.807, 2.05) is 6.07 Å².